The van der Waals surface area contributed by atoms with Crippen LogP contribution in [0.4, 0.5) is 5.69 Å². The summed E-state index contributed by atoms with van der Waals surface area (Å²) in [6, 6.07) is 23.3. The highest BCUT2D eigenvalue weighted by Crippen LogP contribution is 2.33. The molecular formula is C31H29N3O4. The van der Waals surface area contributed by atoms with Gasteiger partial charge >= 0.3 is 0 Å². The summed E-state index contributed by atoms with van der Waals surface area (Å²) < 4.78 is 0. The standard InChI is InChI=1S/C31H29N3O4/c35-24-13-14-27(28(36)15-24)34-30(37)25-7-4-8-26(29(25)31(34)38)32-16-20-9-11-21(12-10-20)17-33-18-23(19-33)22-5-2-1-3-6-22/h1-12,23,27,32H,13-19H2. The number of carbonyl (C=O) groups excluding carboxylic acids is 4. The number of hydrogen-bond acceptors (Lipinski definition) is 6. The zero-order chi connectivity index (χ0) is 26.2. The van der Waals surface area contributed by atoms with E-state index in [4.69, 9.17) is 0 Å². The Balaban J connectivity index is 1.08. The lowest BCUT2D eigenvalue weighted by atomic mass is 9.91. The van der Waals surface area contributed by atoms with Crippen LogP contribution in [-0.2, 0) is 22.7 Å². The van der Waals surface area contributed by atoms with E-state index >= 15 is 0 Å². The molecule has 3 aromatic rings. The first kappa shape index (κ1) is 24.2. The number of nitrogens with zero attached hydrogens (tertiary/aromatic N) is 2. The number of anilines is 1. The van der Waals surface area contributed by atoms with Crippen LogP contribution in [0.1, 0.15) is 62.6 Å². The molecule has 0 spiro atoms. The van der Waals surface area contributed by atoms with Gasteiger partial charge in [0.1, 0.15) is 5.78 Å². The Kier molecular flexibility index (Phi) is 6.37. The van der Waals surface area contributed by atoms with Crippen molar-refractivity contribution in [3.05, 3.63) is 101 Å². The molecule has 2 fully saturated rings. The smallest absolute Gasteiger partial charge is 0.264 e. The molecule has 3 aliphatic rings. The minimum atomic E-state index is -0.866. The molecule has 1 saturated heterocycles. The van der Waals surface area contributed by atoms with Gasteiger partial charge in [-0.2, -0.15) is 0 Å². The van der Waals surface area contributed by atoms with Gasteiger partial charge in [-0.25, -0.2) is 0 Å². The quantitative estimate of drug-likeness (QED) is 0.381. The zero-order valence-electron chi connectivity index (χ0n) is 21.1. The fourth-order valence-electron chi connectivity index (χ4n) is 5.72. The summed E-state index contributed by atoms with van der Waals surface area (Å²) in [4.78, 5) is 53.9. The van der Waals surface area contributed by atoms with Gasteiger partial charge in [-0.1, -0.05) is 60.7 Å². The van der Waals surface area contributed by atoms with Crippen molar-refractivity contribution in [3.63, 3.8) is 0 Å². The molecule has 2 aliphatic heterocycles. The second-order valence-electron chi connectivity index (χ2n) is 10.4. The predicted molar refractivity (Wildman–Crippen MR) is 143 cm³/mol. The third-order valence-corrected chi connectivity index (χ3v) is 7.84. The Morgan fingerprint density at radius 1 is 0.789 bits per heavy atom. The van der Waals surface area contributed by atoms with Crippen LogP contribution in [0, 0.1) is 0 Å². The molecule has 38 heavy (non-hydrogen) atoms. The fraction of sp³-hybridized carbons (Fsp3) is 0.290. The summed E-state index contributed by atoms with van der Waals surface area (Å²) in [6.07, 6.45) is 0.184. The topological polar surface area (TPSA) is 86.8 Å². The molecule has 0 radical (unpaired) electrons. The fourth-order valence-corrected chi connectivity index (χ4v) is 5.72. The average molecular weight is 508 g/mol. The SMILES string of the molecule is O=C1CCC(N2C(=O)c3cccc(NCc4ccc(CN5CC(c6ccccc6)C5)cc4)c3C2=O)C(=O)C1. The van der Waals surface area contributed by atoms with Crippen molar-refractivity contribution < 1.29 is 19.2 Å². The number of hydrogen-bond donors (Lipinski definition) is 1. The molecule has 2 amide bonds. The molecule has 1 aliphatic carbocycles. The molecule has 1 saturated carbocycles. The normalized spacial score (nSPS) is 20.0. The second-order valence-corrected chi connectivity index (χ2v) is 10.4. The van der Waals surface area contributed by atoms with Crippen molar-refractivity contribution in [1.29, 1.82) is 0 Å². The predicted octanol–water partition coefficient (Wildman–Crippen LogP) is 4.18. The molecule has 6 rings (SSSR count). The number of carbonyl (C=O) groups is 4. The van der Waals surface area contributed by atoms with Crippen molar-refractivity contribution in [3.8, 4) is 0 Å². The molecule has 3 aromatic carbocycles. The zero-order valence-corrected chi connectivity index (χ0v) is 21.1. The van der Waals surface area contributed by atoms with Crippen LogP contribution in [0.25, 0.3) is 0 Å². The minimum absolute atomic E-state index is 0.141. The third-order valence-electron chi connectivity index (χ3n) is 7.84. The molecular weight excluding hydrogens is 478 g/mol. The molecule has 7 heteroatoms. The van der Waals surface area contributed by atoms with E-state index in [2.05, 4.69) is 64.8 Å². The van der Waals surface area contributed by atoms with Crippen LogP contribution in [0.15, 0.2) is 72.8 Å². The first-order valence-corrected chi connectivity index (χ1v) is 13.1. The largest absolute Gasteiger partial charge is 0.380 e. The van der Waals surface area contributed by atoms with Crippen molar-refractivity contribution in [2.24, 2.45) is 0 Å². The summed E-state index contributed by atoms with van der Waals surface area (Å²) in [5, 5.41) is 3.31. The summed E-state index contributed by atoms with van der Waals surface area (Å²) >= 11 is 0. The Bertz CT molecular complexity index is 1410. The maximum atomic E-state index is 13.3. The number of imide groups is 1. The lowest BCUT2D eigenvalue weighted by Gasteiger charge is -2.39. The number of Topliss-reactive ketones (excluding diaryl/α,β-unsaturated/α-hetero) is 2. The van der Waals surface area contributed by atoms with Gasteiger partial charge in [0.2, 0.25) is 0 Å². The first-order valence-electron chi connectivity index (χ1n) is 13.1. The van der Waals surface area contributed by atoms with E-state index in [0.29, 0.717) is 29.3 Å². The van der Waals surface area contributed by atoms with Gasteiger partial charge in [-0.3, -0.25) is 29.0 Å². The maximum Gasteiger partial charge on any atom is 0.264 e. The van der Waals surface area contributed by atoms with Crippen LogP contribution in [0.3, 0.4) is 0 Å². The summed E-state index contributed by atoms with van der Waals surface area (Å²) in [6.45, 7) is 3.55. The van der Waals surface area contributed by atoms with Crippen LogP contribution >= 0.6 is 0 Å². The highest BCUT2D eigenvalue weighted by Gasteiger charge is 2.45. The molecule has 0 aromatic heterocycles. The molecule has 7 nitrogen and oxygen atoms in total. The van der Waals surface area contributed by atoms with Gasteiger partial charge in [0, 0.05) is 44.2 Å². The lowest BCUT2D eigenvalue weighted by molar-refractivity contribution is -0.132. The monoisotopic (exact) mass is 507 g/mol. The average Bonchev–Trinajstić information content (AvgIpc) is 3.16. The number of ketones is 2. The van der Waals surface area contributed by atoms with Crippen LogP contribution in [-0.4, -0.2) is 52.3 Å². The van der Waals surface area contributed by atoms with Gasteiger partial charge in [0.25, 0.3) is 11.8 Å². The number of amides is 2. The van der Waals surface area contributed by atoms with Gasteiger partial charge in [-0.15, -0.1) is 0 Å². The number of fused-ring (bicyclic) bond motifs is 1. The number of nitrogens with one attached hydrogen (secondary N) is 1. The van der Waals surface area contributed by atoms with Gasteiger partial charge in [0.05, 0.1) is 23.6 Å². The summed E-state index contributed by atoms with van der Waals surface area (Å²) in [7, 11) is 0. The van der Waals surface area contributed by atoms with Gasteiger partial charge < -0.3 is 5.32 Å². The van der Waals surface area contributed by atoms with E-state index in [9.17, 15) is 19.2 Å². The van der Waals surface area contributed by atoms with E-state index in [1.54, 1.807) is 18.2 Å². The Morgan fingerprint density at radius 2 is 1.53 bits per heavy atom. The Morgan fingerprint density at radius 3 is 2.26 bits per heavy atom. The lowest BCUT2D eigenvalue weighted by Crippen LogP contribution is -2.47. The van der Waals surface area contributed by atoms with E-state index in [0.717, 1.165) is 30.1 Å². The highest BCUT2D eigenvalue weighted by atomic mass is 16.2. The first-order chi connectivity index (χ1) is 18.5. The van der Waals surface area contributed by atoms with Crippen LogP contribution in [0.2, 0.25) is 0 Å². The number of likely N-dealkylation sites (tertiary alicyclic amines) is 1. The number of rotatable bonds is 7. The van der Waals surface area contributed by atoms with Gasteiger partial charge in [0.15, 0.2) is 5.78 Å². The van der Waals surface area contributed by atoms with E-state index in [-0.39, 0.29) is 30.8 Å². The molecule has 1 atom stereocenters. The second kappa shape index (κ2) is 9.99. The summed E-state index contributed by atoms with van der Waals surface area (Å²) in [5.74, 6) is -0.834. The molecule has 192 valence electrons. The summed E-state index contributed by atoms with van der Waals surface area (Å²) in [5.41, 5.74) is 4.88. The van der Waals surface area contributed by atoms with Gasteiger partial charge in [-0.05, 0) is 35.2 Å². The van der Waals surface area contributed by atoms with Crippen molar-refractivity contribution in [2.75, 3.05) is 18.4 Å². The molecule has 1 unspecified atom stereocenters. The maximum absolute atomic E-state index is 13.3. The van der Waals surface area contributed by atoms with Crippen LogP contribution < -0.4 is 5.32 Å². The molecule has 0 bridgehead atoms. The Hall–Kier alpha value is -4.10. The van der Waals surface area contributed by atoms with E-state index in [1.165, 1.54) is 11.1 Å². The third kappa shape index (κ3) is 4.54. The van der Waals surface area contributed by atoms with Crippen LogP contribution in [0.5, 0.6) is 0 Å². The molecule has 1 N–H and O–H groups in total. The van der Waals surface area contributed by atoms with E-state index in [1.807, 2.05) is 0 Å². The number of benzene rings is 3. The van der Waals surface area contributed by atoms with Crippen molar-refractivity contribution in [2.45, 2.75) is 44.3 Å². The minimum Gasteiger partial charge on any atom is -0.380 e. The highest BCUT2D eigenvalue weighted by molar-refractivity contribution is 6.25. The molecule has 2 heterocycles. The van der Waals surface area contributed by atoms with E-state index < -0.39 is 17.9 Å². The Labute approximate surface area is 221 Å². The van der Waals surface area contributed by atoms with Crippen molar-refractivity contribution >= 4 is 29.1 Å². The van der Waals surface area contributed by atoms with Crippen molar-refractivity contribution in [1.82, 2.24) is 9.80 Å².